The average Bonchev–Trinajstić information content (AvgIpc) is 3.03. The molecule has 3 N–H and O–H groups in total. The Hall–Kier alpha value is -4.70. The number of hydrogen-bond donors (Lipinski definition) is 3. The maximum atomic E-state index is 11.2. The van der Waals surface area contributed by atoms with Gasteiger partial charge in [0.25, 0.3) is 0 Å². The summed E-state index contributed by atoms with van der Waals surface area (Å²) in [5.74, 6) is 0.247. The van der Waals surface area contributed by atoms with Crippen molar-refractivity contribution in [3.05, 3.63) is 126 Å². The fourth-order valence-electron chi connectivity index (χ4n) is 6.78. The molecule has 3 heteroatoms. The van der Waals surface area contributed by atoms with E-state index in [1.807, 2.05) is 82.3 Å². The van der Waals surface area contributed by atoms with Gasteiger partial charge in [0, 0.05) is 5.56 Å². The second-order valence-electron chi connectivity index (χ2n) is 13.3. The van der Waals surface area contributed by atoms with Gasteiger partial charge in [-0.25, -0.2) is 0 Å². The van der Waals surface area contributed by atoms with Crippen molar-refractivity contribution in [3.63, 3.8) is 0 Å². The van der Waals surface area contributed by atoms with Crippen LogP contribution < -0.4 is 0 Å². The smallest absolute Gasteiger partial charge is 0.123 e. The predicted octanol–water partition coefficient (Wildman–Crippen LogP) is 11.2. The van der Waals surface area contributed by atoms with E-state index in [4.69, 9.17) is 0 Å². The van der Waals surface area contributed by atoms with Crippen LogP contribution in [0.5, 0.6) is 5.75 Å². The van der Waals surface area contributed by atoms with Crippen LogP contribution in [0, 0.1) is 0 Å². The number of aromatic hydroxyl groups is 1. The van der Waals surface area contributed by atoms with Crippen LogP contribution in [0.25, 0.3) is 65.7 Å². The summed E-state index contributed by atoms with van der Waals surface area (Å²) in [5, 5.41) is 39.9. The Kier molecular flexibility index (Phi) is 8.10. The van der Waals surface area contributed by atoms with E-state index in [2.05, 4.69) is 68.4 Å². The predicted molar refractivity (Wildman–Crippen MR) is 195 cm³/mol. The monoisotopic (exact) mass is 606 g/mol. The molecule has 0 saturated carbocycles. The second-order valence-corrected chi connectivity index (χ2v) is 13.3. The van der Waals surface area contributed by atoms with Crippen LogP contribution >= 0.6 is 0 Å². The molecule has 0 aliphatic rings. The molecule has 0 radical (unpaired) electrons. The van der Waals surface area contributed by atoms with Crippen LogP contribution in [0.15, 0.2) is 115 Å². The highest BCUT2D eigenvalue weighted by Gasteiger charge is 2.26. The number of hydrogen-bond acceptors (Lipinski definition) is 3. The molecule has 0 spiro atoms. The summed E-state index contributed by atoms with van der Waals surface area (Å²) in [6.07, 6.45) is 1.25. The standard InChI is InChI=1S/C40H34O3.C3H8/c1-39(2,42)34-14-8-5-11-26(34)32-23-33(27-12-6-9-15-35(27)40(3,4)43)31-22-21-29-25(28-13-7-10-16-36(28)41)19-17-24-18-20-30(32)38(31)37(24)29;1-3-2/h5-23,41-43H,1-4H3;3H2,1-2H3. The lowest BCUT2D eigenvalue weighted by Crippen LogP contribution is -2.17. The molecule has 7 aromatic carbocycles. The highest BCUT2D eigenvalue weighted by atomic mass is 16.3. The molecule has 46 heavy (non-hydrogen) atoms. The first kappa shape index (κ1) is 31.3. The summed E-state index contributed by atoms with van der Waals surface area (Å²) < 4.78 is 0. The summed E-state index contributed by atoms with van der Waals surface area (Å²) in [6, 6.07) is 38.7. The van der Waals surface area contributed by atoms with Gasteiger partial charge in [0.2, 0.25) is 0 Å². The number of phenols is 1. The van der Waals surface area contributed by atoms with Crippen LogP contribution in [0.2, 0.25) is 0 Å². The van der Waals surface area contributed by atoms with E-state index < -0.39 is 11.2 Å². The number of aliphatic hydroxyl groups is 2. The highest BCUT2D eigenvalue weighted by Crippen LogP contribution is 2.48. The molecule has 0 bridgehead atoms. The number of benzene rings is 7. The van der Waals surface area contributed by atoms with Crippen molar-refractivity contribution >= 4 is 32.3 Å². The Morgan fingerprint density at radius 2 is 0.870 bits per heavy atom. The van der Waals surface area contributed by atoms with Gasteiger partial charge in [-0.1, -0.05) is 123 Å². The molecule has 7 aromatic rings. The molecule has 7 rings (SSSR count). The minimum Gasteiger partial charge on any atom is -0.507 e. The Morgan fingerprint density at radius 1 is 0.457 bits per heavy atom. The number of para-hydroxylation sites is 1. The molecule has 0 aliphatic carbocycles. The lowest BCUT2D eigenvalue weighted by atomic mass is 9.80. The molecular weight excluding hydrogens is 564 g/mol. The number of phenolic OH excluding ortho intramolecular Hbond substituents is 1. The van der Waals surface area contributed by atoms with Crippen molar-refractivity contribution in [2.24, 2.45) is 0 Å². The largest absolute Gasteiger partial charge is 0.507 e. The molecule has 0 atom stereocenters. The summed E-state index contributed by atoms with van der Waals surface area (Å²) in [6.45, 7) is 11.5. The number of rotatable bonds is 5. The van der Waals surface area contributed by atoms with E-state index in [1.54, 1.807) is 6.07 Å². The van der Waals surface area contributed by atoms with E-state index in [-0.39, 0.29) is 5.75 Å². The van der Waals surface area contributed by atoms with Gasteiger partial charge in [0.1, 0.15) is 5.75 Å². The summed E-state index contributed by atoms with van der Waals surface area (Å²) in [5.41, 5.74) is 5.34. The van der Waals surface area contributed by atoms with Crippen molar-refractivity contribution in [1.29, 1.82) is 0 Å². The summed E-state index contributed by atoms with van der Waals surface area (Å²) >= 11 is 0. The van der Waals surface area contributed by atoms with Gasteiger partial charge in [-0.15, -0.1) is 0 Å². The Balaban J connectivity index is 0.00000119. The SMILES string of the molecule is CC(C)(O)c1ccccc1-c1cc(-c2ccccc2C(C)(C)O)c2ccc3c(-c4ccccc4O)ccc4ccc1c2c43.CCC. The zero-order chi connectivity index (χ0) is 32.8. The molecule has 0 fully saturated rings. The van der Waals surface area contributed by atoms with E-state index in [0.717, 1.165) is 76.8 Å². The first-order chi connectivity index (χ1) is 22.0. The third-order valence-electron chi connectivity index (χ3n) is 8.73. The third-order valence-corrected chi connectivity index (χ3v) is 8.73. The fourth-order valence-corrected chi connectivity index (χ4v) is 6.78. The molecule has 0 aliphatic heterocycles. The molecule has 0 unspecified atom stereocenters. The maximum Gasteiger partial charge on any atom is 0.123 e. The minimum atomic E-state index is -1.05. The van der Waals surface area contributed by atoms with Gasteiger partial charge in [-0.2, -0.15) is 0 Å². The summed E-state index contributed by atoms with van der Waals surface area (Å²) in [4.78, 5) is 0. The van der Waals surface area contributed by atoms with Crippen molar-refractivity contribution in [3.8, 4) is 39.1 Å². The molecular formula is C43H42O3. The van der Waals surface area contributed by atoms with E-state index in [0.29, 0.717) is 0 Å². The van der Waals surface area contributed by atoms with Crippen LogP contribution in [0.3, 0.4) is 0 Å². The molecule has 0 saturated heterocycles. The first-order valence-corrected chi connectivity index (χ1v) is 16.1. The molecule has 3 nitrogen and oxygen atoms in total. The topological polar surface area (TPSA) is 60.7 Å². The first-order valence-electron chi connectivity index (χ1n) is 16.1. The van der Waals surface area contributed by atoms with Gasteiger partial charge in [-0.05, 0) is 111 Å². The minimum absolute atomic E-state index is 0.247. The summed E-state index contributed by atoms with van der Waals surface area (Å²) in [7, 11) is 0. The average molecular weight is 607 g/mol. The van der Waals surface area contributed by atoms with Gasteiger partial charge in [0.05, 0.1) is 11.2 Å². The fraction of sp³-hybridized carbons (Fsp3) is 0.209. The Bertz CT molecular complexity index is 2100. The van der Waals surface area contributed by atoms with Crippen LogP contribution in [-0.2, 0) is 11.2 Å². The zero-order valence-electron chi connectivity index (χ0n) is 27.5. The van der Waals surface area contributed by atoms with Crippen molar-refractivity contribution in [2.45, 2.75) is 59.2 Å². The molecule has 0 amide bonds. The molecule has 0 aromatic heterocycles. The van der Waals surface area contributed by atoms with Gasteiger partial charge >= 0.3 is 0 Å². The quantitative estimate of drug-likeness (QED) is 0.171. The van der Waals surface area contributed by atoms with Crippen molar-refractivity contribution < 1.29 is 15.3 Å². The second kappa shape index (κ2) is 11.9. The van der Waals surface area contributed by atoms with E-state index >= 15 is 0 Å². The van der Waals surface area contributed by atoms with Crippen LogP contribution in [-0.4, -0.2) is 15.3 Å². The van der Waals surface area contributed by atoms with Crippen molar-refractivity contribution in [2.75, 3.05) is 0 Å². The lowest BCUT2D eigenvalue weighted by molar-refractivity contribution is 0.0787. The van der Waals surface area contributed by atoms with Crippen LogP contribution in [0.4, 0.5) is 0 Å². The van der Waals surface area contributed by atoms with Gasteiger partial charge < -0.3 is 15.3 Å². The van der Waals surface area contributed by atoms with Crippen molar-refractivity contribution in [1.82, 2.24) is 0 Å². The normalized spacial score (nSPS) is 12.1. The maximum absolute atomic E-state index is 11.2. The van der Waals surface area contributed by atoms with E-state index in [1.165, 1.54) is 6.42 Å². The molecule has 232 valence electrons. The van der Waals surface area contributed by atoms with Gasteiger partial charge in [0.15, 0.2) is 0 Å². The molecule has 0 heterocycles. The highest BCUT2D eigenvalue weighted by molar-refractivity contribution is 6.30. The Labute approximate surface area is 271 Å². The van der Waals surface area contributed by atoms with E-state index in [9.17, 15) is 15.3 Å². The van der Waals surface area contributed by atoms with Gasteiger partial charge in [-0.3, -0.25) is 0 Å². The third kappa shape index (κ3) is 5.40. The Morgan fingerprint density at radius 3 is 1.37 bits per heavy atom. The lowest BCUT2D eigenvalue weighted by Gasteiger charge is -2.26. The van der Waals surface area contributed by atoms with Crippen LogP contribution in [0.1, 0.15) is 59.1 Å². The zero-order valence-corrected chi connectivity index (χ0v) is 27.5.